The van der Waals surface area contributed by atoms with Crippen molar-refractivity contribution in [1.29, 1.82) is 0 Å². The van der Waals surface area contributed by atoms with Crippen molar-refractivity contribution < 1.29 is 24.7 Å². The predicted octanol–water partition coefficient (Wildman–Crippen LogP) is 3.89. The Morgan fingerprint density at radius 2 is 1.84 bits per heavy atom. The van der Waals surface area contributed by atoms with E-state index in [4.69, 9.17) is 0 Å². The first-order valence-corrected chi connectivity index (χ1v) is 10.5. The molecule has 3 atom stereocenters. The van der Waals surface area contributed by atoms with E-state index in [-0.39, 0.29) is 22.6 Å². The minimum Gasteiger partial charge on any atom is -0.481 e. The Hall–Kier alpha value is -3.33. The summed E-state index contributed by atoms with van der Waals surface area (Å²) in [6, 6.07) is 14.2. The molecule has 31 heavy (non-hydrogen) atoms. The van der Waals surface area contributed by atoms with E-state index in [0.717, 1.165) is 4.90 Å². The van der Waals surface area contributed by atoms with Crippen molar-refractivity contribution in [2.45, 2.75) is 30.7 Å². The van der Waals surface area contributed by atoms with Crippen LogP contribution in [0.4, 0.5) is 5.69 Å². The number of allylic oxidation sites excluding steroid dienone is 1. The van der Waals surface area contributed by atoms with E-state index >= 15 is 0 Å². The second-order valence-electron chi connectivity index (χ2n) is 7.44. The van der Waals surface area contributed by atoms with Gasteiger partial charge in [0.1, 0.15) is 5.41 Å². The number of thioether (sulfide) groups is 1. The molecule has 0 spiro atoms. The lowest BCUT2D eigenvalue weighted by atomic mass is 9.63. The van der Waals surface area contributed by atoms with Crippen LogP contribution in [0, 0.1) is 15.5 Å². The quantitative estimate of drug-likeness (QED) is 0.334. The molecule has 0 bridgehead atoms. The highest BCUT2D eigenvalue weighted by Gasteiger charge is 2.56. The van der Waals surface area contributed by atoms with Gasteiger partial charge in [0.2, 0.25) is 0 Å². The third kappa shape index (κ3) is 4.13. The average molecular weight is 442 g/mol. The molecule has 3 unspecified atom stereocenters. The lowest BCUT2D eigenvalue weighted by Gasteiger charge is -2.46. The zero-order valence-corrected chi connectivity index (χ0v) is 17.8. The Bertz CT molecular complexity index is 1050. The van der Waals surface area contributed by atoms with Gasteiger partial charge in [-0.05, 0) is 31.5 Å². The Morgan fingerprint density at radius 1 is 1.16 bits per heavy atom. The highest BCUT2D eigenvalue weighted by atomic mass is 32.2. The van der Waals surface area contributed by atoms with Crippen LogP contribution < -0.4 is 5.32 Å². The maximum Gasteiger partial charge on any atom is 0.333 e. The Morgan fingerprint density at radius 3 is 2.42 bits per heavy atom. The zero-order chi connectivity index (χ0) is 22.8. The van der Waals surface area contributed by atoms with Gasteiger partial charge in [0, 0.05) is 40.4 Å². The highest BCUT2D eigenvalue weighted by Crippen LogP contribution is 2.51. The molecule has 0 saturated heterocycles. The fourth-order valence-corrected chi connectivity index (χ4v) is 5.41. The third-order valence-corrected chi connectivity index (χ3v) is 6.90. The molecule has 1 aliphatic rings. The molecule has 1 aliphatic heterocycles. The van der Waals surface area contributed by atoms with Crippen molar-refractivity contribution in [2.75, 3.05) is 5.75 Å². The molecule has 162 valence electrons. The number of nitro benzene ring substituents is 1. The third-order valence-electron chi connectivity index (χ3n) is 5.68. The molecule has 0 aliphatic carbocycles. The number of nitrogens with one attached hydrogen (secondary N) is 1. The largest absolute Gasteiger partial charge is 0.481 e. The van der Waals surface area contributed by atoms with Crippen LogP contribution in [0.1, 0.15) is 25.3 Å². The van der Waals surface area contributed by atoms with Crippen molar-refractivity contribution in [3.05, 3.63) is 81.5 Å². The number of nitro groups is 1. The normalized spacial score (nSPS) is 23.2. The number of rotatable bonds is 7. The van der Waals surface area contributed by atoms with E-state index in [1.807, 2.05) is 30.3 Å². The maximum atomic E-state index is 12.8. The minimum atomic E-state index is -1.57. The summed E-state index contributed by atoms with van der Waals surface area (Å²) in [5.41, 5.74) is -1.26. The van der Waals surface area contributed by atoms with E-state index in [1.54, 1.807) is 19.9 Å². The first-order chi connectivity index (χ1) is 14.7. The Kier molecular flexibility index (Phi) is 6.35. The summed E-state index contributed by atoms with van der Waals surface area (Å²) in [5, 5.41) is 34.8. The first kappa shape index (κ1) is 22.4. The fourth-order valence-electron chi connectivity index (χ4n) is 4.12. The molecule has 8 nitrogen and oxygen atoms in total. The molecule has 3 N–H and O–H groups in total. The number of carbonyl (C=O) groups is 2. The summed E-state index contributed by atoms with van der Waals surface area (Å²) >= 11 is 1.31. The van der Waals surface area contributed by atoms with Crippen molar-refractivity contribution in [3.8, 4) is 0 Å². The Balaban J connectivity index is 2.22. The van der Waals surface area contributed by atoms with Crippen LogP contribution in [0.5, 0.6) is 0 Å². The number of nitrogens with zero attached hydrogens (tertiary/aromatic N) is 1. The highest BCUT2D eigenvalue weighted by molar-refractivity contribution is 7.99. The van der Waals surface area contributed by atoms with Crippen LogP contribution >= 0.6 is 11.8 Å². The number of carboxylic acid groups (broad SMARTS) is 2. The van der Waals surface area contributed by atoms with Crippen LogP contribution in [0.3, 0.4) is 0 Å². The van der Waals surface area contributed by atoms with E-state index in [9.17, 15) is 29.9 Å². The second-order valence-corrected chi connectivity index (χ2v) is 8.49. The number of aliphatic carboxylic acids is 2. The van der Waals surface area contributed by atoms with Crippen molar-refractivity contribution >= 4 is 29.4 Å². The van der Waals surface area contributed by atoms with Crippen LogP contribution in [0.15, 0.2) is 70.8 Å². The van der Waals surface area contributed by atoms with Crippen molar-refractivity contribution in [2.24, 2.45) is 5.41 Å². The molecular weight excluding hydrogens is 420 g/mol. The fraction of sp³-hybridized carbons (Fsp3) is 0.273. The van der Waals surface area contributed by atoms with Crippen molar-refractivity contribution in [3.63, 3.8) is 0 Å². The minimum absolute atomic E-state index is 0.0674. The maximum absolute atomic E-state index is 12.8. The van der Waals surface area contributed by atoms with Gasteiger partial charge in [-0.3, -0.25) is 14.9 Å². The van der Waals surface area contributed by atoms with Crippen molar-refractivity contribution in [1.82, 2.24) is 5.32 Å². The van der Waals surface area contributed by atoms with E-state index in [0.29, 0.717) is 5.70 Å². The summed E-state index contributed by atoms with van der Waals surface area (Å²) in [5.74, 6) is -3.45. The first-order valence-electron chi connectivity index (χ1n) is 9.54. The number of benzene rings is 2. The number of carboxylic acids is 2. The lowest BCUT2D eigenvalue weighted by molar-refractivity contribution is -0.384. The number of non-ortho nitro benzene ring substituents is 1. The smallest absolute Gasteiger partial charge is 0.333 e. The van der Waals surface area contributed by atoms with Gasteiger partial charge < -0.3 is 15.5 Å². The topological polar surface area (TPSA) is 130 Å². The summed E-state index contributed by atoms with van der Waals surface area (Å²) in [7, 11) is 0. The van der Waals surface area contributed by atoms with Gasteiger partial charge in [-0.25, -0.2) is 4.79 Å². The number of hydrogen-bond donors (Lipinski definition) is 3. The zero-order valence-electron chi connectivity index (χ0n) is 16.9. The van der Waals surface area contributed by atoms with Gasteiger partial charge in [0.15, 0.2) is 0 Å². The Labute approximate surface area is 183 Å². The van der Waals surface area contributed by atoms with Crippen LogP contribution in [-0.4, -0.2) is 38.9 Å². The van der Waals surface area contributed by atoms with Gasteiger partial charge in [-0.1, -0.05) is 30.3 Å². The summed E-state index contributed by atoms with van der Waals surface area (Å²) < 4.78 is 0. The lowest BCUT2D eigenvalue weighted by Crippen LogP contribution is -2.58. The van der Waals surface area contributed by atoms with Gasteiger partial charge in [-0.15, -0.1) is 11.8 Å². The van der Waals surface area contributed by atoms with E-state index in [2.05, 4.69) is 5.32 Å². The van der Waals surface area contributed by atoms with Crippen LogP contribution in [0.25, 0.3) is 0 Å². The molecule has 0 fully saturated rings. The molecule has 1 heterocycles. The van der Waals surface area contributed by atoms with E-state index in [1.165, 1.54) is 30.0 Å². The molecular formula is C22H22N2O6S. The number of hydrogen-bond acceptors (Lipinski definition) is 6. The second kappa shape index (κ2) is 8.81. The van der Waals surface area contributed by atoms with Gasteiger partial charge >= 0.3 is 11.9 Å². The average Bonchev–Trinajstić information content (AvgIpc) is 2.73. The summed E-state index contributed by atoms with van der Waals surface area (Å²) in [6.45, 7) is 3.28. The molecule has 2 aromatic rings. The molecule has 9 heteroatoms. The van der Waals surface area contributed by atoms with Gasteiger partial charge in [0.05, 0.1) is 10.5 Å². The molecule has 3 rings (SSSR count). The van der Waals surface area contributed by atoms with Gasteiger partial charge in [0.25, 0.3) is 5.69 Å². The molecule has 0 amide bonds. The predicted molar refractivity (Wildman–Crippen MR) is 116 cm³/mol. The molecule has 0 aromatic heterocycles. The van der Waals surface area contributed by atoms with Gasteiger partial charge in [-0.2, -0.15) is 0 Å². The molecule has 2 aromatic carbocycles. The van der Waals surface area contributed by atoms with Crippen LogP contribution in [-0.2, 0) is 9.59 Å². The molecule has 0 saturated carbocycles. The monoisotopic (exact) mass is 442 g/mol. The summed E-state index contributed by atoms with van der Waals surface area (Å²) in [4.78, 5) is 36.6. The summed E-state index contributed by atoms with van der Waals surface area (Å²) in [6.07, 6.45) is 0. The standard InChI is InChI=1S/C22H22N2O6S/c1-13-18(20(25)26)19(15-7-6-8-16(11-15)24(29)30)22(21(27)28,14(2)23-13)12-31-17-9-4-3-5-10-17/h3-11,14,19,23H,12H2,1-2H3,(H,25,26)(H,27,28). The SMILES string of the molecule is CC1=C(C(=O)O)C(c2cccc([N+](=O)[O-])c2)C(CSc2ccccc2)(C(=O)O)C(C)N1. The van der Waals surface area contributed by atoms with Crippen LogP contribution in [0.2, 0.25) is 0 Å². The molecule has 0 radical (unpaired) electrons. The van der Waals surface area contributed by atoms with E-state index < -0.39 is 34.2 Å².